The monoisotopic (exact) mass is 260 g/mol. The van der Waals surface area contributed by atoms with Gasteiger partial charge in [-0.2, -0.15) is 0 Å². The molecule has 1 unspecified atom stereocenters. The Hall–Kier alpha value is -0.280. The molecule has 1 aromatic rings. The first-order valence-corrected chi connectivity index (χ1v) is 6.28. The van der Waals surface area contributed by atoms with Gasteiger partial charge < -0.3 is 5.73 Å². The van der Waals surface area contributed by atoms with E-state index in [1.54, 1.807) is 0 Å². The molecule has 90 valence electrons. The summed E-state index contributed by atoms with van der Waals surface area (Å²) >= 11 is 11.9. The standard InChI is InChI=1S/C12H18Cl2N2/c1-3-16(4-2)12(8-15)9-5-6-10(13)11(14)7-9/h5-7,12H,3-4,8,15H2,1-2H3. The van der Waals surface area contributed by atoms with Crippen molar-refractivity contribution in [1.82, 2.24) is 4.90 Å². The molecule has 1 rings (SSSR count). The van der Waals surface area contributed by atoms with Gasteiger partial charge in [-0.1, -0.05) is 43.1 Å². The van der Waals surface area contributed by atoms with E-state index in [0.29, 0.717) is 16.6 Å². The lowest BCUT2D eigenvalue weighted by atomic mass is 10.1. The Bertz CT molecular complexity index is 338. The van der Waals surface area contributed by atoms with Gasteiger partial charge >= 0.3 is 0 Å². The summed E-state index contributed by atoms with van der Waals surface area (Å²) in [5.74, 6) is 0. The number of nitrogens with zero attached hydrogens (tertiary/aromatic N) is 1. The predicted octanol–water partition coefficient (Wildman–Crippen LogP) is 3.34. The van der Waals surface area contributed by atoms with Crippen LogP contribution in [0.2, 0.25) is 10.0 Å². The molecule has 0 spiro atoms. The number of hydrogen-bond donors (Lipinski definition) is 1. The fourth-order valence-corrected chi connectivity index (χ4v) is 2.19. The van der Waals surface area contributed by atoms with Crippen LogP contribution in [0.15, 0.2) is 18.2 Å². The molecule has 0 heterocycles. The van der Waals surface area contributed by atoms with Gasteiger partial charge in [-0.3, -0.25) is 4.90 Å². The third-order valence-electron chi connectivity index (χ3n) is 2.80. The van der Waals surface area contributed by atoms with Gasteiger partial charge in [0, 0.05) is 12.6 Å². The van der Waals surface area contributed by atoms with Crippen molar-refractivity contribution in [1.29, 1.82) is 0 Å². The van der Waals surface area contributed by atoms with Crippen LogP contribution in [0, 0.1) is 0 Å². The molecule has 16 heavy (non-hydrogen) atoms. The Morgan fingerprint density at radius 2 is 1.81 bits per heavy atom. The van der Waals surface area contributed by atoms with Gasteiger partial charge in [0.25, 0.3) is 0 Å². The summed E-state index contributed by atoms with van der Waals surface area (Å²) in [6.07, 6.45) is 0. The van der Waals surface area contributed by atoms with Crippen molar-refractivity contribution in [2.24, 2.45) is 5.73 Å². The summed E-state index contributed by atoms with van der Waals surface area (Å²) in [4.78, 5) is 2.31. The molecule has 0 aliphatic rings. The predicted molar refractivity (Wildman–Crippen MR) is 71.2 cm³/mol. The van der Waals surface area contributed by atoms with Crippen LogP contribution in [0.25, 0.3) is 0 Å². The van der Waals surface area contributed by atoms with Crippen molar-refractivity contribution in [3.8, 4) is 0 Å². The molecule has 0 amide bonds. The Balaban J connectivity index is 2.98. The minimum Gasteiger partial charge on any atom is -0.329 e. The zero-order chi connectivity index (χ0) is 12.1. The SMILES string of the molecule is CCN(CC)C(CN)c1ccc(Cl)c(Cl)c1. The summed E-state index contributed by atoms with van der Waals surface area (Å²) in [6, 6.07) is 5.93. The lowest BCUT2D eigenvalue weighted by molar-refractivity contribution is 0.224. The lowest BCUT2D eigenvalue weighted by Crippen LogP contribution is -2.33. The fourth-order valence-electron chi connectivity index (χ4n) is 1.88. The third-order valence-corrected chi connectivity index (χ3v) is 3.54. The van der Waals surface area contributed by atoms with E-state index in [-0.39, 0.29) is 6.04 Å². The molecule has 0 aliphatic heterocycles. The number of hydrogen-bond acceptors (Lipinski definition) is 2. The highest BCUT2D eigenvalue weighted by molar-refractivity contribution is 6.42. The van der Waals surface area contributed by atoms with Crippen LogP contribution in [0.4, 0.5) is 0 Å². The van der Waals surface area contributed by atoms with Gasteiger partial charge in [-0.05, 0) is 30.8 Å². The number of nitrogens with two attached hydrogens (primary N) is 1. The highest BCUT2D eigenvalue weighted by atomic mass is 35.5. The Kier molecular flexibility index (Phi) is 5.56. The van der Waals surface area contributed by atoms with Gasteiger partial charge in [0.1, 0.15) is 0 Å². The van der Waals surface area contributed by atoms with Crippen LogP contribution in [0.1, 0.15) is 25.5 Å². The van der Waals surface area contributed by atoms with Gasteiger partial charge in [0.2, 0.25) is 0 Å². The van der Waals surface area contributed by atoms with E-state index in [9.17, 15) is 0 Å². The van der Waals surface area contributed by atoms with Gasteiger partial charge in [0.05, 0.1) is 10.0 Å². The first kappa shape index (κ1) is 13.8. The molecule has 0 bridgehead atoms. The molecular formula is C12H18Cl2N2. The average Bonchev–Trinajstić information content (AvgIpc) is 2.29. The van der Waals surface area contributed by atoms with E-state index in [1.165, 1.54) is 0 Å². The quantitative estimate of drug-likeness (QED) is 0.880. The van der Waals surface area contributed by atoms with Crippen molar-refractivity contribution >= 4 is 23.2 Å². The van der Waals surface area contributed by atoms with Crippen molar-refractivity contribution in [3.63, 3.8) is 0 Å². The van der Waals surface area contributed by atoms with Crippen LogP contribution in [-0.2, 0) is 0 Å². The maximum Gasteiger partial charge on any atom is 0.0595 e. The summed E-state index contributed by atoms with van der Waals surface area (Å²) in [7, 11) is 0. The van der Waals surface area contributed by atoms with Crippen LogP contribution in [0.3, 0.4) is 0 Å². The maximum atomic E-state index is 6.01. The zero-order valence-corrected chi connectivity index (χ0v) is 11.2. The molecule has 1 atom stereocenters. The molecular weight excluding hydrogens is 243 g/mol. The van der Waals surface area contributed by atoms with Crippen molar-refractivity contribution in [2.45, 2.75) is 19.9 Å². The zero-order valence-electron chi connectivity index (χ0n) is 9.71. The Labute approximate surface area is 107 Å². The van der Waals surface area contributed by atoms with Crippen LogP contribution < -0.4 is 5.73 Å². The minimum atomic E-state index is 0.213. The topological polar surface area (TPSA) is 29.3 Å². The lowest BCUT2D eigenvalue weighted by Gasteiger charge is -2.29. The average molecular weight is 261 g/mol. The first-order valence-electron chi connectivity index (χ1n) is 5.53. The van der Waals surface area contributed by atoms with Gasteiger partial charge in [-0.15, -0.1) is 0 Å². The summed E-state index contributed by atoms with van der Waals surface area (Å²) in [6.45, 7) is 6.78. The molecule has 0 aromatic heterocycles. The van der Waals surface area contributed by atoms with E-state index in [2.05, 4.69) is 18.7 Å². The normalized spacial score (nSPS) is 13.1. The smallest absolute Gasteiger partial charge is 0.0595 e. The minimum absolute atomic E-state index is 0.213. The fraction of sp³-hybridized carbons (Fsp3) is 0.500. The second-order valence-electron chi connectivity index (χ2n) is 3.65. The molecule has 2 N–H and O–H groups in total. The van der Waals surface area contributed by atoms with E-state index >= 15 is 0 Å². The van der Waals surface area contributed by atoms with Crippen LogP contribution in [0.5, 0.6) is 0 Å². The summed E-state index contributed by atoms with van der Waals surface area (Å²) in [5, 5.41) is 1.17. The van der Waals surface area contributed by atoms with Crippen molar-refractivity contribution in [3.05, 3.63) is 33.8 Å². The summed E-state index contributed by atoms with van der Waals surface area (Å²) in [5.41, 5.74) is 6.95. The molecule has 0 saturated heterocycles. The Morgan fingerprint density at radius 1 is 1.19 bits per heavy atom. The number of rotatable bonds is 5. The second kappa shape index (κ2) is 6.45. The third kappa shape index (κ3) is 3.11. The van der Waals surface area contributed by atoms with Crippen molar-refractivity contribution in [2.75, 3.05) is 19.6 Å². The Morgan fingerprint density at radius 3 is 2.25 bits per heavy atom. The van der Waals surface area contributed by atoms with Crippen molar-refractivity contribution < 1.29 is 0 Å². The molecule has 0 saturated carbocycles. The van der Waals surface area contributed by atoms with E-state index in [0.717, 1.165) is 18.7 Å². The van der Waals surface area contributed by atoms with Crippen LogP contribution in [-0.4, -0.2) is 24.5 Å². The first-order chi connectivity index (χ1) is 7.63. The number of likely N-dealkylation sites (N-methyl/N-ethyl adjacent to an activating group) is 1. The van der Waals surface area contributed by atoms with Crippen LogP contribution >= 0.6 is 23.2 Å². The number of benzene rings is 1. The highest BCUT2D eigenvalue weighted by Crippen LogP contribution is 2.27. The highest BCUT2D eigenvalue weighted by Gasteiger charge is 2.16. The summed E-state index contributed by atoms with van der Waals surface area (Å²) < 4.78 is 0. The van der Waals surface area contributed by atoms with E-state index < -0.39 is 0 Å². The molecule has 0 fully saturated rings. The molecule has 0 radical (unpaired) electrons. The molecule has 1 aromatic carbocycles. The van der Waals surface area contributed by atoms with E-state index in [1.807, 2.05) is 18.2 Å². The molecule has 2 nitrogen and oxygen atoms in total. The second-order valence-corrected chi connectivity index (χ2v) is 4.46. The van der Waals surface area contributed by atoms with Gasteiger partial charge in [-0.25, -0.2) is 0 Å². The maximum absolute atomic E-state index is 6.01. The van der Waals surface area contributed by atoms with E-state index in [4.69, 9.17) is 28.9 Å². The van der Waals surface area contributed by atoms with Gasteiger partial charge in [0.15, 0.2) is 0 Å². The molecule has 4 heteroatoms. The molecule has 0 aliphatic carbocycles. The number of halogens is 2. The largest absolute Gasteiger partial charge is 0.329 e.